The Morgan fingerprint density at radius 3 is 1.44 bits per heavy atom. The highest BCUT2D eigenvalue weighted by Crippen LogP contribution is 2.44. The van der Waals surface area contributed by atoms with Crippen LogP contribution in [-0.2, 0) is 40.5 Å². The molecule has 84 heavy (non-hydrogen) atoms. The molecule has 8 aromatic carbocycles. The SMILES string of the molecule is Cc1ccc2nc(-c3ccc(/N=N\c4c(N)ccc(N=Nc5ccc(-c6ccc(N=Nc7cc(S(=O)(=O)O)c(N)c(NNc8ccc(-c9nc%10ccc(C)c(S(=O)(=O)O)c%10s9)cc8)c7N)cc6)c(S(=O)(=O)O)c5)c4N)cc3)sc2c1S(=O)(=O)O. The number of azo groups is 3. The average Bonchev–Trinajstić information content (AvgIpc) is 3.78. The molecule has 0 atom stereocenters. The van der Waals surface area contributed by atoms with E-state index in [-0.39, 0.29) is 66.5 Å². The highest BCUT2D eigenvalue weighted by atomic mass is 32.2. The predicted octanol–water partition coefficient (Wildman–Crippen LogP) is 12.5. The van der Waals surface area contributed by atoms with E-state index in [4.69, 9.17) is 22.9 Å². The van der Waals surface area contributed by atoms with Crippen LogP contribution >= 0.6 is 22.7 Å². The van der Waals surface area contributed by atoms with E-state index in [9.17, 15) is 51.9 Å². The van der Waals surface area contributed by atoms with Gasteiger partial charge >= 0.3 is 0 Å². The molecule has 2 aromatic heterocycles. The minimum absolute atomic E-state index is 0.00198. The van der Waals surface area contributed by atoms with Crippen LogP contribution in [0.1, 0.15) is 11.1 Å². The fourth-order valence-corrected chi connectivity index (χ4v) is 14.5. The van der Waals surface area contributed by atoms with Gasteiger partial charge in [-0.1, -0.05) is 30.3 Å². The number of fused-ring (bicyclic) bond motifs is 2. The van der Waals surface area contributed by atoms with Gasteiger partial charge in [0.1, 0.15) is 52.3 Å². The molecule has 14 N–H and O–H groups in total. The summed E-state index contributed by atoms with van der Waals surface area (Å²) in [5.41, 5.74) is 34.1. The number of benzene rings is 8. The molecule has 32 heteroatoms. The molecule has 428 valence electrons. The minimum Gasteiger partial charge on any atom is -0.397 e. The lowest BCUT2D eigenvalue weighted by molar-refractivity contribution is 0.481. The zero-order chi connectivity index (χ0) is 60.2. The number of nitrogen functional groups attached to an aromatic ring is 4. The molecule has 0 saturated heterocycles. The van der Waals surface area contributed by atoms with Crippen LogP contribution < -0.4 is 33.8 Å². The fourth-order valence-electron chi connectivity index (χ4n) is 8.51. The molecule has 0 saturated carbocycles. The lowest BCUT2D eigenvalue weighted by Crippen LogP contribution is -2.14. The van der Waals surface area contributed by atoms with Gasteiger partial charge in [-0.05, 0) is 134 Å². The largest absolute Gasteiger partial charge is 0.397 e. The number of thiazole rings is 2. The van der Waals surface area contributed by atoms with Crippen LogP contribution in [0.25, 0.3) is 52.7 Å². The van der Waals surface area contributed by atoms with Crippen molar-refractivity contribution in [1.29, 1.82) is 0 Å². The summed E-state index contributed by atoms with van der Waals surface area (Å²) in [6, 6.07) is 33.3. The first-order valence-corrected chi connectivity index (χ1v) is 31.3. The van der Waals surface area contributed by atoms with E-state index in [1.165, 1.54) is 48.5 Å². The Morgan fingerprint density at radius 1 is 0.440 bits per heavy atom. The van der Waals surface area contributed by atoms with E-state index in [2.05, 4.69) is 51.5 Å². The Balaban J connectivity index is 0.834. The van der Waals surface area contributed by atoms with Gasteiger partial charge in [-0.25, -0.2) is 9.97 Å². The number of aryl methyl sites for hydroxylation is 2. The third-order valence-electron chi connectivity index (χ3n) is 12.6. The number of hydrogen-bond acceptors (Lipinski definition) is 24. The third kappa shape index (κ3) is 12.0. The molecule has 0 aliphatic heterocycles. The van der Waals surface area contributed by atoms with E-state index < -0.39 is 56.0 Å². The lowest BCUT2D eigenvalue weighted by Gasteiger charge is -2.17. The van der Waals surface area contributed by atoms with Gasteiger partial charge in [-0.3, -0.25) is 23.6 Å². The molecule has 10 aromatic rings. The Morgan fingerprint density at radius 2 is 0.917 bits per heavy atom. The summed E-state index contributed by atoms with van der Waals surface area (Å²) >= 11 is 2.18. The van der Waals surface area contributed by atoms with Crippen molar-refractivity contribution in [1.82, 2.24) is 9.97 Å². The number of nitrogens with zero attached hydrogens (tertiary/aromatic N) is 8. The lowest BCUT2D eigenvalue weighted by atomic mass is 10.0. The van der Waals surface area contributed by atoms with Gasteiger partial charge in [-0.15, -0.1) is 38.0 Å². The van der Waals surface area contributed by atoms with E-state index in [0.29, 0.717) is 69.6 Å². The van der Waals surface area contributed by atoms with Gasteiger partial charge in [0, 0.05) is 16.7 Å². The van der Waals surface area contributed by atoms with Crippen LogP contribution in [0, 0.1) is 13.8 Å². The summed E-state index contributed by atoms with van der Waals surface area (Å²) in [6.45, 7) is 3.14. The number of nitrogens with one attached hydrogen (secondary N) is 2. The van der Waals surface area contributed by atoms with Crippen LogP contribution in [0.5, 0.6) is 0 Å². The van der Waals surface area contributed by atoms with Crippen molar-refractivity contribution in [3.05, 3.63) is 145 Å². The van der Waals surface area contributed by atoms with Crippen LogP contribution in [0.4, 0.5) is 68.2 Å². The normalized spacial score (nSPS) is 12.6. The van der Waals surface area contributed by atoms with E-state index in [1.807, 2.05) is 0 Å². The Bertz CT molecular complexity index is 4910. The molecule has 10 rings (SSSR count). The maximum absolute atomic E-state index is 12.8. The predicted molar refractivity (Wildman–Crippen MR) is 321 cm³/mol. The average molecular weight is 1250 g/mol. The van der Waals surface area contributed by atoms with Gasteiger partial charge in [0.2, 0.25) is 0 Å². The smallest absolute Gasteiger partial charge is 0.296 e. The summed E-state index contributed by atoms with van der Waals surface area (Å²) in [5.74, 6) is 0. The molecular formula is C52H42N14O12S6. The molecule has 0 spiro atoms. The highest BCUT2D eigenvalue weighted by molar-refractivity contribution is 7.87. The van der Waals surface area contributed by atoms with Crippen molar-refractivity contribution in [2.45, 2.75) is 33.4 Å². The van der Waals surface area contributed by atoms with E-state index >= 15 is 0 Å². The summed E-state index contributed by atoms with van der Waals surface area (Å²) in [5, 5.41) is 26.1. The van der Waals surface area contributed by atoms with Gasteiger partial charge < -0.3 is 28.4 Å². The molecule has 0 radical (unpaired) electrons. The first-order chi connectivity index (χ1) is 39.6. The maximum atomic E-state index is 12.8. The van der Waals surface area contributed by atoms with Crippen LogP contribution in [0.2, 0.25) is 0 Å². The summed E-state index contributed by atoms with van der Waals surface area (Å²) in [6.07, 6.45) is 0. The van der Waals surface area contributed by atoms with Gasteiger partial charge in [0.25, 0.3) is 40.5 Å². The van der Waals surface area contributed by atoms with Gasteiger partial charge in [-0.2, -0.15) is 49.0 Å². The Hall–Kier alpha value is -9.22. The summed E-state index contributed by atoms with van der Waals surface area (Å²) in [4.78, 5) is 7.35. The number of hydrogen-bond donors (Lipinski definition) is 10. The van der Waals surface area contributed by atoms with Crippen molar-refractivity contribution in [2.24, 2.45) is 30.7 Å². The second kappa shape index (κ2) is 22.2. The van der Waals surface area contributed by atoms with E-state index in [1.54, 1.807) is 86.6 Å². The Labute approximate surface area is 485 Å². The van der Waals surface area contributed by atoms with Crippen molar-refractivity contribution < 1.29 is 51.9 Å². The molecule has 2 heterocycles. The number of rotatable bonds is 16. The number of hydrazine groups is 1. The van der Waals surface area contributed by atoms with Crippen LogP contribution in [0.3, 0.4) is 0 Å². The van der Waals surface area contributed by atoms with Gasteiger partial charge in [0.15, 0.2) is 0 Å². The quantitative estimate of drug-likeness (QED) is 0.0186. The number of nitrogens with two attached hydrogens (primary N) is 4. The fraction of sp³-hybridized carbons (Fsp3) is 0.0385. The van der Waals surface area contributed by atoms with Crippen LogP contribution in [0.15, 0.2) is 184 Å². The Kier molecular flexibility index (Phi) is 15.3. The summed E-state index contributed by atoms with van der Waals surface area (Å²) < 4.78 is 140. The molecule has 0 fully saturated rings. The first kappa shape index (κ1) is 58.0. The topological polar surface area (TPSA) is 446 Å². The monoisotopic (exact) mass is 1250 g/mol. The molecule has 0 unspecified atom stereocenters. The van der Waals surface area contributed by atoms with Crippen molar-refractivity contribution >= 4 is 152 Å². The maximum Gasteiger partial charge on any atom is 0.296 e. The zero-order valence-electron chi connectivity index (χ0n) is 43.1. The molecule has 0 amide bonds. The van der Waals surface area contributed by atoms with E-state index in [0.717, 1.165) is 34.8 Å². The second-order valence-corrected chi connectivity index (χ2v) is 25.8. The summed E-state index contributed by atoms with van der Waals surface area (Å²) in [7, 11) is -18.9. The molecule has 26 nitrogen and oxygen atoms in total. The molecule has 0 aliphatic rings. The highest BCUT2D eigenvalue weighted by Gasteiger charge is 2.25. The van der Waals surface area contributed by atoms with Crippen LogP contribution in [-0.4, -0.2) is 61.9 Å². The van der Waals surface area contributed by atoms with Crippen molar-refractivity contribution in [3.8, 4) is 32.3 Å². The molecule has 0 aliphatic carbocycles. The second-order valence-electron chi connectivity index (χ2n) is 18.3. The minimum atomic E-state index is -4.95. The standard InChI is InChI=1S/C52H42N14O12S6/c1-25-3-20-37-47(49(25)83(73,74)75)79-51(57-37)28-7-13-31(14-8-28)60-65-45-35(53)19-22-36(42(45)54)63-62-33-17-18-34(40(23-33)81(67,68)69)27-5-11-30(12-6-27)59-64-39-24-41(82(70,71)72)44(56)46(43(39)55)66-61-32-15-9-29(10-16-32)52-58-38-21-4-26(2)50(48(38)80-52)84(76,77)78/h3-24,61,66H,53-56H2,1-2H3,(H,67,68,69)(H,70,71,72)(H,73,74,75)(H,76,77,78)/b63-62?,64-59?,65-60-. The molecular weight excluding hydrogens is 1210 g/mol. The zero-order valence-corrected chi connectivity index (χ0v) is 48.0. The third-order valence-corrected chi connectivity index (χ3v) is 19.0. The van der Waals surface area contributed by atoms with Gasteiger partial charge in [0.05, 0.1) is 65.9 Å². The van der Waals surface area contributed by atoms with Crippen molar-refractivity contribution in [2.75, 3.05) is 33.8 Å². The number of anilines is 6. The van der Waals surface area contributed by atoms with Crippen molar-refractivity contribution in [3.63, 3.8) is 0 Å². The number of aromatic nitrogens is 2. The molecule has 0 bridgehead atoms. The first-order valence-electron chi connectivity index (χ1n) is 23.9.